The van der Waals surface area contributed by atoms with Crippen LogP contribution in [0.5, 0.6) is 11.5 Å². The first kappa shape index (κ1) is 13.6. The van der Waals surface area contributed by atoms with E-state index >= 15 is 0 Å². The third-order valence-corrected chi connectivity index (χ3v) is 3.64. The average Bonchev–Trinajstić information content (AvgIpc) is 2.45. The van der Waals surface area contributed by atoms with E-state index < -0.39 is 28.8 Å². The lowest BCUT2D eigenvalue weighted by atomic mass is 9.81. The van der Waals surface area contributed by atoms with Crippen molar-refractivity contribution in [3.05, 3.63) is 34.4 Å². The lowest BCUT2D eigenvalue weighted by molar-refractivity contribution is 0.0978. The number of ketones is 2. The van der Waals surface area contributed by atoms with E-state index in [1.54, 1.807) is 0 Å². The van der Waals surface area contributed by atoms with Gasteiger partial charge >= 0.3 is 0 Å². The van der Waals surface area contributed by atoms with Crippen molar-refractivity contribution >= 4 is 34.3 Å². The van der Waals surface area contributed by atoms with Gasteiger partial charge in [-0.05, 0) is 12.1 Å². The molecule has 0 heterocycles. The molecule has 0 spiro atoms. The maximum absolute atomic E-state index is 12.6. The Labute approximate surface area is 123 Å². The number of nitrogen functional groups attached to an aromatic ring is 4. The average molecular weight is 300 g/mol. The second kappa shape index (κ2) is 4.04. The molecule has 8 heteroatoms. The SMILES string of the molecule is Nc1cc(N)c2c(c1)C(=O)c1c(O)c(N)c(O)c(N)c1C2=O. The highest BCUT2D eigenvalue weighted by molar-refractivity contribution is 6.33. The maximum Gasteiger partial charge on any atom is 0.198 e. The van der Waals surface area contributed by atoms with Gasteiger partial charge in [0, 0.05) is 16.9 Å². The van der Waals surface area contributed by atoms with Gasteiger partial charge in [0.15, 0.2) is 23.1 Å². The highest BCUT2D eigenvalue weighted by Gasteiger charge is 2.38. The number of carbonyl (C=O) groups is 2. The predicted octanol–water partition coefficient (Wildman–Crippen LogP) is 0.202. The molecule has 8 nitrogen and oxygen atoms in total. The van der Waals surface area contributed by atoms with Crippen molar-refractivity contribution in [2.45, 2.75) is 0 Å². The fraction of sp³-hybridized carbons (Fsp3) is 0. The first-order valence-corrected chi connectivity index (χ1v) is 6.16. The van der Waals surface area contributed by atoms with Crippen LogP contribution in [0.2, 0.25) is 0 Å². The Morgan fingerprint density at radius 1 is 0.727 bits per heavy atom. The van der Waals surface area contributed by atoms with Gasteiger partial charge in [-0.25, -0.2) is 0 Å². The van der Waals surface area contributed by atoms with Crippen molar-refractivity contribution in [3.63, 3.8) is 0 Å². The fourth-order valence-electron chi connectivity index (χ4n) is 2.60. The zero-order valence-electron chi connectivity index (χ0n) is 11.2. The minimum Gasteiger partial charge on any atom is -0.505 e. The molecule has 1 aliphatic rings. The van der Waals surface area contributed by atoms with Gasteiger partial charge in [-0.3, -0.25) is 9.59 Å². The smallest absolute Gasteiger partial charge is 0.198 e. The van der Waals surface area contributed by atoms with Crippen LogP contribution >= 0.6 is 0 Å². The second-order valence-electron chi connectivity index (χ2n) is 4.97. The number of aromatic hydroxyl groups is 2. The highest BCUT2D eigenvalue weighted by atomic mass is 16.3. The molecule has 0 fully saturated rings. The van der Waals surface area contributed by atoms with E-state index in [4.69, 9.17) is 22.9 Å². The van der Waals surface area contributed by atoms with Gasteiger partial charge in [0.05, 0.1) is 22.4 Å². The molecule has 2 aromatic carbocycles. The number of phenolic OH excluding ortho intramolecular Hbond substituents is 2. The number of hydrogen-bond acceptors (Lipinski definition) is 8. The summed E-state index contributed by atoms with van der Waals surface area (Å²) in [5, 5.41) is 19.8. The van der Waals surface area contributed by atoms with E-state index in [0.29, 0.717) is 0 Å². The van der Waals surface area contributed by atoms with E-state index in [2.05, 4.69) is 0 Å². The van der Waals surface area contributed by atoms with E-state index in [1.807, 2.05) is 0 Å². The van der Waals surface area contributed by atoms with Gasteiger partial charge in [-0.1, -0.05) is 0 Å². The Morgan fingerprint density at radius 2 is 1.36 bits per heavy atom. The number of anilines is 4. The zero-order valence-corrected chi connectivity index (χ0v) is 11.2. The molecule has 0 amide bonds. The summed E-state index contributed by atoms with van der Waals surface area (Å²) in [7, 11) is 0. The summed E-state index contributed by atoms with van der Waals surface area (Å²) < 4.78 is 0. The van der Waals surface area contributed by atoms with Gasteiger partial charge < -0.3 is 33.1 Å². The number of hydrogen-bond donors (Lipinski definition) is 6. The molecule has 0 aliphatic heterocycles. The Hall–Kier alpha value is -3.42. The fourth-order valence-corrected chi connectivity index (χ4v) is 2.60. The van der Waals surface area contributed by atoms with Crippen LogP contribution in [-0.2, 0) is 0 Å². The van der Waals surface area contributed by atoms with Crippen LogP contribution in [0.1, 0.15) is 31.8 Å². The molecule has 1 aliphatic carbocycles. The van der Waals surface area contributed by atoms with Crippen LogP contribution in [0.3, 0.4) is 0 Å². The lowest BCUT2D eigenvalue weighted by Gasteiger charge is -2.23. The summed E-state index contributed by atoms with van der Waals surface area (Å²) in [5.41, 5.74) is 21.1. The van der Waals surface area contributed by atoms with Crippen molar-refractivity contribution in [1.29, 1.82) is 0 Å². The first-order chi connectivity index (χ1) is 10.3. The molecule has 2 aromatic rings. The van der Waals surface area contributed by atoms with Crippen LogP contribution in [0.4, 0.5) is 22.7 Å². The summed E-state index contributed by atoms with van der Waals surface area (Å²) in [5.74, 6) is -2.74. The van der Waals surface area contributed by atoms with Crippen molar-refractivity contribution < 1.29 is 19.8 Å². The molecular formula is C14H12N4O4. The largest absolute Gasteiger partial charge is 0.505 e. The monoisotopic (exact) mass is 300 g/mol. The van der Waals surface area contributed by atoms with Crippen LogP contribution in [-0.4, -0.2) is 21.8 Å². The van der Waals surface area contributed by atoms with Gasteiger partial charge in [-0.15, -0.1) is 0 Å². The van der Waals surface area contributed by atoms with E-state index in [0.717, 1.165) is 0 Å². The number of carbonyl (C=O) groups excluding carboxylic acids is 2. The Morgan fingerprint density at radius 3 is 2.00 bits per heavy atom. The highest BCUT2D eigenvalue weighted by Crippen LogP contribution is 2.46. The van der Waals surface area contributed by atoms with Gasteiger partial charge in [0.1, 0.15) is 5.69 Å². The standard InChI is InChI=1S/C14H12N4O4/c15-3-1-4-6(5(16)2-3)12(20)7-8(11(4)19)13(21)10(18)14(22)9(7)17/h1-2,21-22H,15-18H2. The van der Waals surface area contributed by atoms with Crippen molar-refractivity contribution in [3.8, 4) is 11.5 Å². The molecule has 0 saturated carbocycles. The number of fused-ring (bicyclic) bond motifs is 2. The molecule has 10 N–H and O–H groups in total. The molecule has 0 saturated heterocycles. The third kappa shape index (κ3) is 1.46. The first-order valence-electron chi connectivity index (χ1n) is 6.16. The summed E-state index contributed by atoms with van der Waals surface area (Å²) in [4.78, 5) is 25.2. The predicted molar refractivity (Wildman–Crippen MR) is 80.7 cm³/mol. The molecule has 0 radical (unpaired) electrons. The van der Waals surface area contributed by atoms with Gasteiger partial charge in [0.25, 0.3) is 0 Å². The van der Waals surface area contributed by atoms with E-state index in [-0.39, 0.29) is 39.3 Å². The van der Waals surface area contributed by atoms with Crippen LogP contribution < -0.4 is 22.9 Å². The molecule has 0 atom stereocenters. The lowest BCUT2D eigenvalue weighted by Crippen LogP contribution is -2.24. The summed E-state index contributed by atoms with van der Waals surface area (Å²) in [6.45, 7) is 0. The summed E-state index contributed by atoms with van der Waals surface area (Å²) in [6, 6.07) is 2.62. The Bertz CT molecular complexity index is 889. The zero-order chi connectivity index (χ0) is 16.3. The van der Waals surface area contributed by atoms with Crippen LogP contribution in [0.15, 0.2) is 12.1 Å². The topological polar surface area (TPSA) is 179 Å². The van der Waals surface area contributed by atoms with Gasteiger partial charge in [-0.2, -0.15) is 0 Å². The Kier molecular flexibility index (Phi) is 2.49. The second-order valence-corrected chi connectivity index (χ2v) is 4.97. The van der Waals surface area contributed by atoms with Gasteiger partial charge in [0.2, 0.25) is 0 Å². The molecule has 0 aromatic heterocycles. The Balaban J connectivity index is 2.47. The number of rotatable bonds is 0. The van der Waals surface area contributed by atoms with Crippen LogP contribution in [0, 0.1) is 0 Å². The normalized spacial score (nSPS) is 12.9. The van der Waals surface area contributed by atoms with E-state index in [1.165, 1.54) is 12.1 Å². The number of nitrogens with two attached hydrogens (primary N) is 4. The maximum atomic E-state index is 12.6. The molecule has 0 unspecified atom stereocenters. The minimum atomic E-state index is -0.702. The number of benzene rings is 2. The van der Waals surface area contributed by atoms with Crippen molar-refractivity contribution in [2.24, 2.45) is 0 Å². The third-order valence-electron chi connectivity index (χ3n) is 3.64. The molecule has 3 rings (SSSR count). The van der Waals surface area contributed by atoms with E-state index in [9.17, 15) is 19.8 Å². The van der Waals surface area contributed by atoms with Crippen molar-refractivity contribution in [2.75, 3.05) is 22.9 Å². The van der Waals surface area contributed by atoms with Crippen molar-refractivity contribution in [1.82, 2.24) is 0 Å². The number of phenols is 2. The van der Waals surface area contributed by atoms with Crippen LogP contribution in [0.25, 0.3) is 0 Å². The molecule has 112 valence electrons. The quantitative estimate of drug-likeness (QED) is 0.193. The minimum absolute atomic E-state index is 0.00852. The molecule has 22 heavy (non-hydrogen) atoms. The molecule has 0 bridgehead atoms. The summed E-state index contributed by atoms with van der Waals surface area (Å²) in [6.07, 6.45) is 0. The molecular weight excluding hydrogens is 288 g/mol. The summed E-state index contributed by atoms with van der Waals surface area (Å²) >= 11 is 0.